The van der Waals surface area contributed by atoms with E-state index in [2.05, 4.69) is 18.8 Å². The van der Waals surface area contributed by atoms with Crippen molar-refractivity contribution >= 4 is 17.2 Å². The van der Waals surface area contributed by atoms with Crippen LogP contribution < -0.4 is 10.5 Å². The van der Waals surface area contributed by atoms with Crippen molar-refractivity contribution in [2.45, 2.75) is 39.5 Å². The molecule has 1 aromatic rings. The Balaban J connectivity index is 2.44. The average Bonchev–Trinajstić information content (AvgIpc) is 2.39. The van der Waals surface area contributed by atoms with E-state index in [1.54, 1.807) is 12.3 Å². The zero-order valence-electron chi connectivity index (χ0n) is 11.2. The van der Waals surface area contributed by atoms with Gasteiger partial charge in [0.15, 0.2) is 0 Å². The highest BCUT2D eigenvalue weighted by molar-refractivity contribution is 7.80. The molecule has 0 aliphatic heterocycles. The largest absolute Gasteiger partial charge is 0.492 e. The molecule has 0 saturated heterocycles. The van der Waals surface area contributed by atoms with Crippen molar-refractivity contribution in [1.82, 2.24) is 4.98 Å². The molecule has 0 aromatic carbocycles. The SMILES string of the molecule is CCCCC(CC)COc1ccc(C(N)=S)nc1. The van der Waals surface area contributed by atoms with Gasteiger partial charge in [-0.15, -0.1) is 0 Å². The van der Waals surface area contributed by atoms with Gasteiger partial charge in [-0.3, -0.25) is 0 Å². The summed E-state index contributed by atoms with van der Waals surface area (Å²) < 4.78 is 5.74. The van der Waals surface area contributed by atoms with Gasteiger partial charge in [-0.25, -0.2) is 4.98 Å². The molecule has 2 N–H and O–H groups in total. The Bertz CT molecular complexity index is 365. The summed E-state index contributed by atoms with van der Waals surface area (Å²) in [6.45, 7) is 5.18. The van der Waals surface area contributed by atoms with Gasteiger partial charge in [0.1, 0.15) is 10.7 Å². The van der Waals surface area contributed by atoms with Crippen LogP contribution in [0.15, 0.2) is 18.3 Å². The third-order valence-corrected chi connectivity index (χ3v) is 3.23. The molecular formula is C14H22N2OS. The summed E-state index contributed by atoms with van der Waals surface area (Å²) in [7, 11) is 0. The number of nitrogens with two attached hydrogens (primary N) is 1. The summed E-state index contributed by atoms with van der Waals surface area (Å²) in [5.41, 5.74) is 6.13. The van der Waals surface area contributed by atoms with E-state index in [0.717, 1.165) is 18.8 Å². The zero-order valence-corrected chi connectivity index (χ0v) is 12.0. The first-order valence-corrected chi connectivity index (χ1v) is 6.96. The lowest BCUT2D eigenvalue weighted by molar-refractivity contribution is 0.232. The number of hydrogen-bond donors (Lipinski definition) is 1. The van der Waals surface area contributed by atoms with Gasteiger partial charge < -0.3 is 10.5 Å². The van der Waals surface area contributed by atoms with Crippen LogP contribution in [-0.2, 0) is 0 Å². The van der Waals surface area contributed by atoms with Crippen LogP contribution in [0.1, 0.15) is 45.2 Å². The summed E-state index contributed by atoms with van der Waals surface area (Å²) in [5.74, 6) is 1.41. The van der Waals surface area contributed by atoms with Crippen LogP contribution >= 0.6 is 12.2 Å². The average molecular weight is 266 g/mol. The molecule has 4 heteroatoms. The highest BCUT2D eigenvalue weighted by Crippen LogP contribution is 2.16. The van der Waals surface area contributed by atoms with Crippen LogP contribution in [0.5, 0.6) is 5.75 Å². The fourth-order valence-corrected chi connectivity index (χ4v) is 1.84. The molecule has 0 amide bonds. The number of aromatic nitrogens is 1. The molecule has 1 unspecified atom stereocenters. The summed E-state index contributed by atoms with van der Waals surface area (Å²) in [5, 5.41) is 0. The van der Waals surface area contributed by atoms with Crippen LogP contribution in [0.2, 0.25) is 0 Å². The highest BCUT2D eigenvalue weighted by Gasteiger charge is 2.07. The lowest BCUT2D eigenvalue weighted by Crippen LogP contribution is -2.13. The summed E-state index contributed by atoms with van der Waals surface area (Å²) in [6, 6.07) is 3.67. The van der Waals surface area contributed by atoms with Crippen LogP contribution in [0.25, 0.3) is 0 Å². The molecule has 18 heavy (non-hydrogen) atoms. The molecule has 0 fully saturated rings. The van der Waals surface area contributed by atoms with Crippen LogP contribution in [-0.4, -0.2) is 16.6 Å². The molecule has 3 nitrogen and oxygen atoms in total. The van der Waals surface area contributed by atoms with Crippen molar-refractivity contribution in [3.63, 3.8) is 0 Å². The highest BCUT2D eigenvalue weighted by atomic mass is 32.1. The number of hydrogen-bond acceptors (Lipinski definition) is 3. The fourth-order valence-electron chi connectivity index (χ4n) is 1.72. The molecule has 0 radical (unpaired) electrons. The Hall–Kier alpha value is -1.16. The van der Waals surface area contributed by atoms with Gasteiger partial charge in [0.2, 0.25) is 0 Å². The molecule has 100 valence electrons. The van der Waals surface area contributed by atoms with Crippen molar-refractivity contribution < 1.29 is 4.74 Å². The molecule has 1 atom stereocenters. The molecule has 1 rings (SSSR count). The molecule has 0 bridgehead atoms. The lowest BCUT2D eigenvalue weighted by Gasteiger charge is -2.15. The first kappa shape index (κ1) is 14.9. The van der Waals surface area contributed by atoms with Crippen molar-refractivity contribution in [3.05, 3.63) is 24.0 Å². The van der Waals surface area contributed by atoms with Gasteiger partial charge in [-0.1, -0.05) is 45.3 Å². The van der Waals surface area contributed by atoms with Crippen molar-refractivity contribution in [1.29, 1.82) is 0 Å². The molecule has 0 spiro atoms. The van der Waals surface area contributed by atoms with Gasteiger partial charge >= 0.3 is 0 Å². The minimum atomic E-state index is 0.316. The van der Waals surface area contributed by atoms with E-state index in [1.807, 2.05) is 6.07 Å². The second-order valence-corrected chi connectivity index (χ2v) is 4.91. The number of rotatable bonds is 8. The van der Waals surface area contributed by atoms with E-state index in [0.29, 0.717) is 16.6 Å². The van der Waals surface area contributed by atoms with Crippen molar-refractivity contribution in [2.75, 3.05) is 6.61 Å². The summed E-state index contributed by atoms with van der Waals surface area (Å²) in [4.78, 5) is 4.47. The monoisotopic (exact) mass is 266 g/mol. The Morgan fingerprint density at radius 3 is 2.72 bits per heavy atom. The van der Waals surface area contributed by atoms with Gasteiger partial charge in [0.25, 0.3) is 0 Å². The van der Waals surface area contributed by atoms with E-state index in [1.165, 1.54) is 19.3 Å². The minimum absolute atomic E-state index is 0.316. The number of ether oxygens (including phenoxy) is 1. The lowest BCUT2D eigenvalue weighted by atomic mass is 10.0. The van der Waals surface area contributed by atoms with Crippen LogP contribution in [0, 0.1) is 5.92 Å². The first-order valence-electron chi connectivity index (χ1n) is 6.56. The molecule has 1 heterocycles. The first-order chi connectivity index (χ1) is 8.67. The van der Waals surface area contributed by atoms with E-state index in [4.69, 9.17) is 22.7 Å². The predicted molar refractivity (Wildman–Crippen MR) is 78.9 cm³/mol. The second kappa shape index (κ2) is 8.03. The van der Waals surface area contributed by atoms with E-state index >= 15 is 0 Å². The standard InChI is InChI=1S/C14H22N2OS/c1-3-5-6-11(4-2)10-17-12-7-8-13(14(15)18)16-9-12/h7-9,11H,3-6,10H2,1-2H3,(H2,15,18). The molecule has 0 aliphatic rings. The van der Waals surface area contributed by atoms with E-state index in [-0.39, 0.29) is 0 Å². The van der Waals surface area contributed by atoms with E-state index < -0.39 is 0 Å². The molecule has 0 saturated carbocycles. The second-order valence-electron chi connectivity index (χ2n) is 4.47. The van der Waals surface area contributed by atoms with Crippen LogP contribution in [0.4, 0.5) is 0 Å². The Morgan fingerprint density at radius 1 is 1.44 bits per heavy atom. The molecular weight excluding hydrogens is 244 g/mol. The third-order valence-electron chi connectivity index (χ3n) is 3.02. The molecule has 0 aliphatic carbocycles. The topological polar surface area (TPSA) is 48.1 Å². The number of pyridine rings is 1. The zero-order chi connectivity index (χ0) is 13.4. The fraction of sp³-hybridized carbons (Fsp3) is 0.571. The van der Waals surface area contributed by atoms with Gasteiger partial charge in [0, 0.05) is 0 Å². The molecule has 1 aromatic heterocycles. The predicted octanol–water partition coefficient (Wildman–Crippen LogP) is 3.31. The Kier molecular flexibility index (Phi) is 6.65. The minimum Gasteiger partial charge on any atom is -0.492 e. The third kappa shape index (κ3) is 5.00. The quantitative estimate of drug-likeness (QED) is 0.733. The Morgan fingerprint density at radius 2 is 2.22 bits per heavy atom. The van der Waals surface area contributed by atoms with E-state index in [9.17, 15) is 0 Å². The van der Waals surface area contributed by atoms with Gasteiger partial charge in [-0.2, -0.15) is 0 Å². The maximum Gasteiger partial charge on any atom is 0.137 e. The normalized spacial score (nSPS) is 12.1. The van der Waals surface area contributed by atoms with Crippen molar-refractivity contribution in [2.24, 2.45) is 11.7 Å². The van der Waals surface area contributed by atoms with Gasteiger partial charge in [-0.05, 0) is 24.5 Å². The van der Waals surface area contributed by atoms with Crippen LogP contribution in [0.3, 0.4) is 0 Å². The summed E-state index contributed by atoms with van der Waals surface area (Å²) >= 11 is 4.85. The number of thiocarbonyl (C=S) groups is 1. The van der Waals surface area contributed by atoms with Crippen molar-refractivity contribution in [3.8, 4) is 5.75 Å². The van der Waals surface area contributed by atoms with Gasteiger partial charge in [0.05, 0.1) is 18.5 Å². The maximum atomic E-state index is 5.74. The Labute approximate surface area is 115 Å². The summed E-state index contributed by atoms with van der Waals surface area (Å²) in [6.07, 6.45) is 6.56. The smallest absolute Gasteiger partial charge is 0.137 e. The number of unbranched alkanes of at least 4 members (excludes halogenated alkanes) is 1. The maximum absolute atomic E-state index is 5.74. The number of nitrogens with zero attached hydrogens (tertiary/aromatic N) is 1.